The van der Waals surface area contributed by atoms with Crippen molar-refractivity contribution >= 4 is 27.8 Å². The SMILES string of the molecule is CCOC(=O)c1nc2ccc3ccccc3c2o1. The van der Waals surface area contributed by atoms with Crippen molar-refractivity contribution in [3.8, 4) is 0 Å². The van der Waals surface area contributed by atoms with E-state index in [4.69, 9.17) is 9.15 Å². The maximum atomic E-state index is 11.6. The van der Waals surface area contributed by atoms with Gasteiger partial charge in [-0.25, -0.2) is 9.78 Å². The summed E-state index contributed by atoms with van der Waals surface area (Å²) in [7, 11) is 0. The summed E-state index contributed by atoms with van der Waals surface area (Å²) < 4.78 is 10.4. The first-order valence-corrected chi connectivity index (χ1v) is 5.75. The Bertz CT molecular complexity index is 730. The standard InChI is InChI=1S/C14H11NO3/c1-2-17-14(16)13-15-11-8-7-9-5-3-4-6-10(9)12(11)18-13/h3-8H,2H2,1H3. The molecule has 0 aliphatic carbocycles. The van der Waals surface area contributed by atoms with E-state index >= 15 is 0 Å². The zero-order chi connectivity index (χ0) is 12.5. The number of aromatic nitrogens is 1. The maximum Gasteiger partial charge on any atom is 0.394 e. The Kier molecular flexibility index (Phi) is 2.48. The third kappa shape index (κ3) is 1.62. The zero-order valence-corrected chi connectivity index (χ0v) is 9.84. The predicted octanol–water partition coefficient (Wildman–Crippen LogP) is 3.16. The molecule has 1 heterocycles. The van der Waals surface area contributed by atoms with Crippen molar-refractivity contribution in [3.63, 3.8) is 0 Å². The van der Waals surface area contributed by atoms with Crippen LogP contribution in [0.5, 0.6) is 0 Å². The molecule has 0 saturated carbocycles. The lowest BCUT2D eigenvalue weighted by Crippen LogP contribution is -2.04. The highest BCUT2D eigenvalue weighted by molar-refractivity contribution is 6.04. The molecule has 0 aliphatic heterocycles. The summed E-state index contributed by atoms with van der Waals surface area (Å²) in [6.45, 7) is 2.05. The van der Waals surface area contributed by atoms with Crippen molar-refractivity contribution in [1.82, 2.24) is 4.98 Å². The molecule has 0 radical (unpaired) electrons. The molecule has 0 atom stereocenters. The molecular weight excluding hydrogens is 230 g/mol. The lowest BCUT2D eigenvalue weighted by atomic mass is 10.1. The number of fused-ring (bicyclic) bond motifs is 3. The Morgan fingerprint density at radius 1 is 1.28 bits per heavy atom. The first-order valence-electron chi connectivity index (χ1n) is 5.75. The second kappa shape index (κ2) is 4.14. The van der Waals surface area contributed by atoms with Gasteiger partial charge in [-0.3, -0.25) is 0 Å². The highest BCUT2D eigenvalue weighted by atomic mass is 16.5. The molecule has 3 rings (SSSR count). The van der Waals surface area contributed by atoms with Crippen LogP contribution >= 0.6 is 0 Å². The summed E-state index contributed by atoms with van der Waals surface area (Å²) in [5.74, 6) is -0.527. The van der Waals surface area contributed by atoms with E-state index in [0.29, 0.717) is 17.7 Å². The van der Waals surface area contributed by atoms with Crippen molar-refractivity contribution in [3.05, 3.63) is 42.3 Å². The Labute approximate surface area is 103 Å². The van der Waals surface area contributed by atoms with E-state index in [9.17, 15) is 4.79 Å². The Morgan fingerprint density at radius 2 is 2.11 bits per heavy atom. The number of carbonyl (C=O) groups is 1. The average Bonchev–Trinajstić information content (AvgIpc) is 2.83. The minimum Gasteiger partial charge on any atom is -0.459 e. The molecule has 0 amide bonds. The number of esters is 1. The Balaban J connectivity index is 2.22. The normalized spacial score (nSPS) is 10.9. The van der Waals surface area contributed by atoms with Gasteiger partial charge in [-0.15, -0.1) is 0 Å². The highest BCUT2D eigenvalue weighted by Gasteiger charge is 2.16. The molecule has 0 fully saturated rings. The molecule has 4 nitrogen and oxygen atoms in total. The van der Waals surface area contributed by atoms with E-state index in [0.717, 1.165) is 10.8 Å². The molecule has 0 bridgehead atoms. The number of ether oxygens (including phenoxy) is 1. The predicted molar refractivity (Wildman–Crippen MR) is 67.5 cm³/mol. The fourth-order valence-corrected chi connectivity index (χ4v) is 1.94. The fourth-order valence-electron chi connectivity index (χ4n) is 1.94. The molecule has 0 aliphatic rings. The monoisotopic (exact) mass is 241 g/mol. The van der Waals surface area contributed by atoms with Gasteiger partial charge < -0.3 is 9.15 Å². The van der Waals surface area contributed by atoms with Gasteiger partial charge in [0.1, 0.15) is 5.52 Å². The topological polar surface area (TPSA) is 52.3 Å². The second-order valence-electron chi connectivity index (χ2n) is 3.87. The number of oxazole rings is 1. The summed E-state index contributed by atoms with van der Waals surface area (Å²) in [4.78, 5) is 15.7. The molecule has 4 heteroatoms. The minimum atomic E-state index is -0.530. The summed E-state index contributed by atoms with van der Waals surface area (Å²) in [5.41, 5.74) is 1.29. The Morgan fingerprint density at radius 3 is 2.94 bits per heavy atom. The summed E-state index contributed by atoms with van der Waals surface area (Å²) in [5, 5.41) is 2.00. The Hall–Kier alpha value is -2.36. The maximum absolute atomic E-state index is 11.6. The van der Waals surface area contributed by atoms with Crippen LogP contribution in [0.25, 0.3) is 21.9 Å². The fraction of sp³-hybridized carbons (Fsp3) is 0.143. The van der Waals surface area contributed by atoms with Gasteiger partial charge in [-0.2, -0.15) is 0 Å². The van der Waals surface area contributed by atoms with Gasteiger partial charge in [-0.1, -0.05) is 30.3 Å². The molecular formula is C14H11NO3. The molecule has 18 heavy (non-hydrogen) atoms. The lowest BCUT2D eigenvalue weighted by molar-refractivity contribution is 0.0483. The second-order valence-corrected chi connectivity index (χ2v) is 3.87. The molecule has 0 saturated heterocycles. The number of rotatable bonds is 2. The largest absolute Gasteiger partial charge is 0.459 e. The van der Waals surface area contributed by atoms with Crippen molar-refractivity contribution in [2.45, 2.75) is 6.92 Å². The van der Waals surface area contributed by atoms with E-state index in [-0.39, 0.29) is 5.89 Å². The van der Waals surface area contributed by atoms with Gasteiger partial charge in [0, 0.05) is 5.39 Å². The zero-order valence-electron chi connectivity index (χ0n) is 9.84. The van der Waals surface area contributed by atoms with Gasteiger partial charge >= 0.3 is 11.9 Å². The molecule has 3 aromatic rings. The lowest BCUT2D eigenvalue weighted by Gasteiger charge is -1.96. The van der Waals surface area contributed by atoms with E-state index < -0.39 is 5.97 Å². The molecule has 0 N–H and O–H groups in total. The van der Waals surface area contributed by atoms with Crippen LogP contribution in [-0.2, 0) is 4.74 Å². The summed E-state index contributed by atoms with van der Waals surface area (Å²) in [6.07, 6.45) is 0. The average molecular weight is 241 g/mol. The molecule has 2 aromatic carbocycles. The third-order valence-corrected chi connectivity index (χ3v) is 2.73. The van der Waals surface area contributed by atoms with Crippen molar-refractivity contribution < 1.29 is 13.9 Å². The van der Waals surface area contributed by atoms with E-state index in [1.54, 1.807) is 6.92 Å². The van der Waals surface area contributed by atoms with Gasteiger partial charge in [-0.05, 0) is 18.4 Å². The van der Waals surface area contributed by atoms with E-state index in [1.807, 2.05) is 36.4 Å². The number of hydrogen-bond acceptors (Lipinski definition) is 4. The van der Waals surface area contributed by atoms with E-state index in [2.05, 4.69) is 4.98 Å². The number of hydrogen-bond donors (Lipinski definition) is 0. The van der Waals surface area contributed by atoms with Crippen LogP contribution in [0, 0.1) is 0 Å². The van der Waals surface area contributed by atoms with Gasteiger partial charge in [0.2, 0.25) is 0 Å². The summed E-state index contributed by atoms with van der Waals surface area (Å²) in [6, 6.07) is 11.6. The molecule has 1 aromatic heterocycles. The van der Waals surface area contributed by atoms with Crippen molar-refractivity contribution in [1.29, 1.82) is 0 Å². The van der Waals surface area contributed by atoms with Crippen LogP contribution in [0.15, 0.2) is 40.8 Å². The first-order chi connectivity index (χ1) is 8.79. The minimum absolute atomic E-state index is 0.00297. The quantitative estimate of drug-likeness (QED) is 0.647. The van der Waals surface area contributed by atoms with Crippen LogP contribution < -0.4 is 0 Å². The third-order valence-electron chi connectivity index (χ3n) is 2.73. The van der Waals surface area contributed by atoms with Crippen LogP contribution in [0.2, 0.25) is 0 Å². The van der Waals surface area contributed by atoms with Crippen LogP contribution in [0.3, 0.4) is 0 Å². The number of carbonyl (C=O) groups excluding carboxylic acids is 1. The molecule has 90 valence electrons. The number of nitrogens with zero attached hydrogens (tertiary/aromatic N) is 1. The van der Waals surface area contributed by atoms with Crippen LogP contribution in [-0.4, -0.2) is 17.6 Å². The molecule has 0 spiro atoms. The summed E-state index contributed by atoms with van der Waals surface area (Å²) >= 11 is 0. The van der Waals surface area contributed by atoms with Crippen molar-refractivity contribution in [2.24, 2.45) is 0 Å². The van der Waals surface area contributed by atoms with Crippen molar-refractivity contribution in [2.75, 3.05) is 6.61 Å². The first kappa shape index (κ1) is 10.8. The van der Waals surface area contributed by atoms with Crippen LogP contribution in [0.1, 0.15) is 17.6 Å². The van der Waals surface area contributed by atoms with E-state index in [1.165, 1.54) is 0 Å². The van der Waals surface area contributed by atoms with Gasteiger partial charge in [0.15, 0.2) is 5.58 Å². The van der Waals surface area contributed by atoms with Gasteiger partial charge in [0.25, 0.3) is 0 Å². The smallest absolute Gasteiger partial charge is 0.394 e. The molecule has 0 unspecified atom stereocenters. The highest BCUT2D eigenvalue weighted by Crippen LogP contribution is 2.25. The van der Waals surface area contributed by atoms with Crippen LogP contribution in [0.4, 0.5) is 0 Å². The number of benzene rings is 2. The van der Waals surface area contributed by atoms with Gasteiger partial charge in [0.05, 0.1) is 6.61 Å².